The van der Waals surface area contributed by atoms with Crippen molar-refractivity contribution in [3.05, 3.63) is 71.4 Å². The van der Waals surface area contributed by atoms with Gasteiger partial charge in [0.2, 0.25) is 0 Å². The summed E-state index contributed by atoms with van der Waals surface area (Å²) in [5.74, 6) is -1.99. The maximum absolute atomic E-state index is 12.5. The van der Waals surface area contributed by atoms with E-state index in [2.05, 4.69) is 0 Å². The molecule has 0 spiro atoms. The predicted molar refractivity (Wildman–Crippen MR) is 93.4 cm³/mol. The van der Waals surface area contributed by atoms with Crippen LogP contribution in [0, 0.1) is 6.92 Å². The number of rotatable bonds is 5. The van der Waals surface area contributed by atoms with E-state index in [1.54, 1.807) is 12.1 Å². The minimum Gasteiger partial charge on any atom is -0.481 e. The van der Waals surface area contributed by atoms with Crippen LogP contribution in [-0.2, 0) is 11.8 Å². The molecule has 1 atom stereocenters. The minimum atomic E-state index is -0.980. The molecule has 0 aliphatic carbocycles. The van der Waals surface area contributed by atoms with Crippen molar-refractivity contribution in [1.29, 1.82) is 0 Å². The summed E-state index contributed by atoms with van der Waals surface area (Å²) in [5.41, 5.74) is 3.25. The largest absolute Gasteiger partial charge is 0.481 e. The van der Waals surface area contributed by atoms with Gasteiger partial charge in [-0.05, 0) is 18.6 Å². The molecule has 0 radical (unpaired) electrons. The molecule has 0 bridgehead atoms. The molecule has 3 aromatic rings. The average molecular weight is 321 g/mol. The highest BCUT2D eigenvalue weighted by atomic mass is 16.4. The van der Waals surface area contributed by atoms with Crippen LogP contribution >= 0.6 is 0 Å². The third-order valence-electron chi connectivity index (χ3n) is 4.36. The third kappa shape index (κ3) is 2.95. The second kappa shape index (κ2) is 6.32. The summed E-state index contributed by atoms with van der Waals surface area (Å²) in [5, 5.41) is 10.6. The Morgan fingerprint density at radius 2 is 1.75 bits per heavy atom. The second-order valence-corrected chi connectivity index (χ2v) is 6.10. The maximum atomic E-state index is 12.5. The summed E-state index contributed by atoms with van der Waals surface area (Å²) >= 11 is 0. The topological polar surface area (TPSA) is 59.3 Å². The highest BCUT2D eigenvalue weighted by Gasteiger charge is 2.27. The minimum absolute atomic E-state index is 0.0492. The van der Waals surface area contributed by atoms with E-state index >= 15 is 0 Å². The van der Waals surface area contributed by atoms with E-state index in [0.717, 1.165) is 16.5 Å². The van der Waals surface area contributed by atoms with E-state index in [0.29, 0.717) is 11.1 Å². The zero-order chi connectivity index (χ0) is 17.3. The van der Waals surface area contributed by atoms with Gasteiger partial charge in [0.1, 0.15) is 0 Å². The average Bonchev–Trinajstić information content (AvgIpc) is 2.90. The van der Waals surface area contributed by atoms with Gasteiger partial charge in [-0.25, -0.2) is 0 Å². The molecule has 4 heteroatoms. The van der Waals surface area contributed by atoms with E-state index in [9.17, 15) is 14.7 Å². The van der Waals surface area contributed by atoms with E-state index in [-0.39, 0.29) is 12.2 Å². The van der Waals surface area contributed by atoms with Gasteiger partial charge < -0.3 is 9.67 Å². The van der Waals surface area contributed by atoms with E-state index in [4.69, 9.17) is 0 Å². The fourth-order valence-corrected chi connectivity index (χ4v) is 3.02. The SMILES string of the molecule is Cc1ccc(C(=O)C[C@@H](C(=O)O)c2cn(C)c3ccccc23)cc1. The van der Waals surface area contributed by atoms with E-state index < -0.39 is 11.9 Å². The van der Waals surface area contributed by atoms with Crippen molar-refractivity contribution in [1.82, 2.24) is 4.57 Å². The van der Waals surface area contributed by atoms with Crippen LogP contribution in [0.5, 0.6) is 0 Å². The van der Waals surface area contributed by atoms with Gasteiger partial charge in [-0.3, -0.25) is 9.59 Å². The molecular weight excluding hydrogens is 302 g/mol. The van der Waals surface area contributed by atoms with Gasteiger partial charge in [0.25, 0.3) is 0 Å². The number of para-hydroxylation sites is 1. The molecule has 0 amide bonds. The Morgan fingerprint density at radius 1 is 1.08 bits per heavy atom. The van der Waals surface area contributed by atoms with Crippen molar-refractivity contribution >= 4 is 22.7 Å². The zero-order valence-corrected chi connectivity index (χ0v) is 13.7. The number of aryl methyl sites for hydroxylation is 2. The molecule has 0 aliphatic heterocycles. The van der Waals surface area contributed by atoms with E-state index in [1.165, 1.54) is 0 Å². The first-order valence-electron chi connectivity index (χ1n) is 7.84. The number of hydrogen-bond acceptors (Lipinski definition) is 2. The maximum Gasteiger partial charge on any atom is 0.311 e. The van der Waals surface area contributed by atoms with Gasteiger partial charge in [0.15, 0.2) is 5.78 Å². The number of Topliss-reactive ketones (excluding diaryl/α,β-unsaturated/α-hetero) is 1. The summed E-state index contributed by atoms with van der Waals surface area (Å²) < 4.78 is 1.90. The normalized spacial score (nSPS) is 12.2. The number of fused-ring (bicyclic) bond motifs is 1. The summed E-state index contributed by atoms with van der Waals surface area (Å²) in [7, 11) is 1.88. The summed E-state index contributed by atoms with van der Waals surface area (Å²) in [6, 6.07) is 14.9. The highest BCUT2D eigenvalue weighted by Crippen LogP contribution is 2.30. The van der Waals surface area contributed by atoms with Crippen LogP contribution in [0.4, 0.5) is 0 Å². The van der Waals surface area contributed by atoms with Crippen molar-refractivity contribution < 1.29 is 14.7 Å². The quantitative estimate of drug-likeness (QED) is 0.724. The van der Waals surface area contributed by atoms with Crippen LogP contribution in [0.3, 0.4) is 0 Å². The number of ketones is 1. The summed E-state index contributed by atoms with van der Waals surface area (Å²) in [6.07, 6.45) is 1.76. The van der Waals surface area contributed by atoms with Crippen molar-refractivity contribution in [3.8, 4) is 0 Å². The summed E-state index contributed by atoms with van der Waals surface area (Å²) in [6.45, 7) is 1.95. The zero-order valence-electron chi connectivity index (χ0n) is 13.7. The molecule has 0 fully saturated rings. The Labute approximate surface area is 140 Å². The smallest absolute Gasteiger partial charge is 0.311 e. The van der Waals surface area contributed by atoms with Crippen LogP contribution in [0.1, 0.15) is 33.8 Å². The van der Waals surface area contributed by atoms with Crippen LogP contribution in [0.15, 0.2) is 54.7 Å². The molecule has 1 heterocycles. The molecule has 122 valence electrons. The lowest BCUT2D eigenvalue weighted by Gasteiger charge is -2.11. The number of carbonyl (C=O) groups excluding carboxylic acids is 1. The Kier molecular flexibility index (Phi) is 4.21. The first kappa shape index (κ1) is 16.0. The molecule has 4 nitrogen and oxygen atoms in total. The number of aromatic nitrogens is 1. The van der Waals surface area contributed by atoms with Crippen LogP contribution in [0.2, 0.25) is 0 Å². The molecular formula is C20H19NO3. The second-order valence-electron chi connectivity index (χ2n) is 6.10. The number of hydrogen-bond donors (Lipinski definition) is 1. The van der Waals surface area contributed by atoms with Gasteiger partial charge in [0, 0.05) is 36.1 Å². The summed E-state index contributed by atoms with van der Waals surface area (Å²) in [4.78, 5) is 24.3. The number of carboxylic acid groups (broad SMARTS) is 1. The standard InChI is InChI=1S/C20H19NO3/c1-13-7-9-14(10-8-13)19(22)11-16(20(23)24)17-12-21(2)18-6-4-3-5-15(17)18/h3-10,12,16H,11H2,1-2H3,(H,23,24)/t16-/m1/s1. The first-order chi connectivity index (χ1) is 11.5. The molecule has 0 aliphatic rings. The highest BCUT2D eigenvalue weighted by molar-refractivity contribution is 6.00. The monoisotopic (exact) mass is 321 g/mol. The van der Waals surface area contributed by atoms with Crippen LogP contribution in [-0.4, -0.2) is 21.4 Å². The van der Waals surface area contributed by atoms with Crippen molar-refractivity contribution in [2.45, 2.75) is 19.3 Å². The van der Waals surface area contributed by atoms with Gasteiger partial charge in [-0.1, -0.05) is 48.0 Å². The van der Waals surface area contributed by atoms with Crippen molar-refractivity contribution in [2.24, 2.45) is 7.05 Å². The Morgan fingerprint density at radius 3 is 2.42 bits per heavy atom. The number of carboxylic acids is 1. The number of carbonyl (C=O) groups is 2. The number of aliphatic carboxylic acids is 1. The van der Waals surface area contributed by atoms with Gasteiger partial charge in [0.05, 0.1) is 5.92 Å². The number of benzene rings is 2. The number of nitrogens with zero attached hydrogens (tertiary/aromatic N) is 1. The van der Waals surface area contributed by atoms with Gasteiger partial charge in [-0.2, -0.15) is 0 Å². The lowest BCUT2D eigenvalue weighted by atomic mass is 9.91. The fraction of sp³-hybridized carbons (Fsp3) is 0.200. The lowest BCUT2D eigenvalue weighted by molar-refractivity contribution is -0.138. The molecule has 1 N–H and O–H groups in total. The molecule has 0 unspecified atom stereocenters. The van der Waals surface area contributed by atoms with Crippen molar-refractivity contribution in [2.75, 3.05) is 0 Å². The van der Waals surface area contributed by atoms with Crippen LogP contribution < -0.4 is 0 Å². The Hall–Kier alpha value is -2.88. The van der Waals surface area contributed by atoms with Crippen molar-refractivity contribution in [3.63, 3.8) is 0 Å². The van der Waals surface area contributed by atoms with E-state index in [1.807, 2.05) is 61.1 Å². The van der Waals surface area contributed by atoms with Gasteiger partial charge >= 0.3 is 5.97 Å². The third-order valence-corrected chi connectivity index (χ3v) is 4.36. The fourth-order valence-electron chi connectivity index (χ4n) is 3.02. The Bertz CT molecular complexity index is 906. The predicted octanol–water partition coefficient (Wildman–Crippen LogP) is 3.93. The lowest BCUT2D eigenvalue weighted by Crippen LogP contribution is -2.16. The molecule has 24 heavy (non-hydrogen) atoms. The molecule has 0 saturated carbocycles. The molecule has 0 saturated heterocycles. The molecule has 3 rings (SSSR count). The first-order valence-corrected chi connectivity index (χ1v) is 7.84. The molecule has 2 aromatic carbocycles. The molecule has 1 aromatic heterocycles. The van der Waals surface area contributed by atoms with Crippen LogP contribution in [0.25, 0.3) is 10.9 Å². The van der Waals surface area contributed by atoms with Gasteiger partial charge in [-0.15, -0.1) is 0 Å². The Balaban J connectivity index is 1.96.